The molecule has 0 atom stereocenters. The lowest BCUT2D eigenvalue weighted by atomic mass is 10.0. The number of aromatic nitrogens is 1. The van der Waals surface area contributed by atoms with E-state index in [-0.39, 0.29) is 5.54 Å². The van der Waals surface area contributed by atoms with Crippen molar-refractivity contribution in [3.05, 3.63) is 23.4 Å². The van der Waals surface area contributed by atoms with Gasteiger partial charge in [-0.1, -0.05) is 0 Å². The van der Waals surface area contributed by atoms with Crippen LogP contribution < -0.4 is 4.90 Å². The summed E-state index contributed by atoms with van der Waals surface area (Å²) in [6.07, 6.45) is 0. The van der Waals surface area contributed by atoms with Crippen molar-refractivity contribution in [3.63, 3.8) is 0 Å². The lowest BCUT2D eigenvalue weighted by molar-refractivity contribution is 0.0696. The highest BCUT2D eigenvalue weighted by molar-refractivity contribution is 5.88. The molecule has 0 saturated carbocycles. The van der Waals surface area contributed by atoms with E-state index in [9.17, 15) is 4.79 Å². The number of aromatic carboxylic acids is 1. The molecule has 0 radical (unpaired) electrons. The van der Waals surface area contributed by atoms with Crippen LogP contribution in [0.3, 0.4) is 0 Å². The third kappa shape index (κ3) is 3.28. The van der Waals surface area contributed by atoms with Crippen molar-refractivity contribution in [3.8, 4) is 0 Å². The van der Waals surface area contributed by atoms with E-state index in [1.54, 1.807) is 12.1 Å². The molecular weight excluding hydrogens is 254 g/mol. The summed E-state index contributed by atoms with van der Waals surface area (Å²) >= 11 is 0. The Morgan fingerprint density at radius 3 is 2.30 bits per heavy atom. The zero-order valence-corrected chi connectivity index (χ0v) is 12.7. The van der Waals surface area contributed by atoms with Crippen LogP contribution in [0.25, 0.3) is 0 Å². The summed E-state index contributed by atoms with van der Waals surface area (Å²) in [6, 6.07) is 3.28. The number of anilines is 1. The van der Waals surface area contributed by atoms with E-state index in [0.29, 0.717) is 5.56 Å². The van der Waals surface area contributed by atoms with Gasteiger partial charge in [-0.2, -0.15) is 0 Å². The van der Waals surface area contributed by atoms with Crippen molar-refractivity contribution in [2.75, 3.05) is 31.1 Å². The molecule has 20 heavy (non-hydrogen) atoms. The van der Waals surface area contributed by atoms with Crippen molar-refractivity contribution >= 4 is 11.8 Å². The van der Waals surface area contributed by atoms with Gasteiger partial charge in [-0.3, -0.25) is 4.90 Å². The maximum atomic E-state index is 11.1. The molecule has 0 unspecified atom stereocenters. The summed E-state index contributed by atoms with van der Waals surface area (Å²) in [5, 5.41) is 9.13. The fraction of sp³-hybridized carbons (Fsp3) is 0.600. The highest BCUT2D eigenvalue weighted by atomic mass is 16.4. The van der Waals surface area contributed by atoms with Crippen molar-refractivity contribution in [1.29, 1.82) is 0 Å². The molecule has 1 aliphatic rings. The van der Waals surface area contributed by atoms with Gasteiger partial charge in [0.15, 0.2) is 0 Å². The first-order chi connectivity index (χ1) is 9.27. The molecule has 1 fully saturated rings. The maximum absolute atomic E-state index is 11.1. The third-order valence-electron chi connectivity index (χ3n) is 3.74. The maximum Gasteiger partial charge on any atom is 0.335 e. The normalized spacial score (nSPS) is 17.3. The number of carbonyl (C=O) groups is 1. The highest BCUT2D eigenvalue weighted by Gasteiger charge is 2.26. The number of pyridine rings is 1. The minimum Gasteiger partial charge on any atom is -0.478 e. The molecule has 1 aliphatic heterocycles. The summed E-state index contributed by atoms with van der Waals surface area (Å²) in [4.78, 5) is 20.2. The second-order valence-corrected chi connectivity index (χ2v) is 6.31. The molecule has 1 saturated heterocycles. The van der Waals surface area contributed by atoms with E-state index in [1.807, 2.05) is 6.92 Å². The molecule has 1 aromatic heterocycles. The van der Waals surface area contributed by atoms with Crippen LogP contribution in [0.4, 0.5) is 5.82 Å². The lowest BCUT2D eigenvalue weighted by Gasteiger charge is -2.42. The molecule has 5 heteroatoms. The minimum atomic E-state index is -0.898. The van der Waals surface area contributed by atoms with Crippen LogP contribution in [-0.2, 0) is 0 Å². The molecule has 1 N–H and O–H groups in total. The van der Waals surface area contributed by atoms with Gasteiger partial charge in [0.1, 0.15) is 5.82 Å². The van der Waals surface area contributed by atoms with E-state index in [1.165, 1.54) is 0 Å². The molecule has 0 amide bonds. The van der Waals surface area contributed by atoms with Gasteiger partial charge < -0.3 is 10.0 Å². The average Bonchev–Trinajstić information content (AvgIpc) is 2.37. The van der Waals surface area contributed by atoms with Crippen molar-refractivity contribution in [2.45, 2.75) is 33.2 Å². The Morgan fingerprint density at radius 1 is 1.20 bits per heavy atom. The van der Waals surface area contributed by atoms with Gasteiger partial charge in [0.2, 0.25) is 0 Å². The third-order valence-corrected chi connectivity index (χ3v) is 3.74. The minimum absolute atomic E-state index is 0.179. The summed E-state index contributed by atoms with van der Waals surface area (Å²) in [7, 11) is 0. The topological polar surface area (TPSA) is 56.7 Å². The Balaban J connectivity index is 2.13. The number of hydrogen-bond donors (Lipinski definition) is 1. The van der Waals surface area contributed by atoms with Gasteiger partial charge in [-0.25, -0.2) is 9.78 Å². The first-order valence-corrected chi connectivity index (χ1v) is 6.99. The molecule has 0 bridgehead atoms. The Hall–Kier alpha value is -1.62. The number of carboxylic acids is 1. The van der Waals surface area contributed by atoms with Crippen LogP contribution in [0.1, 0.15) is 36.8 Å². The molecule has 110 valence electrons. The zero-order valence-electron chi connectivity index (χ0n) is 12.7. The van der Waals surface area contributed by atoms with Gasteiger partial charge in [0.25, 0.3) is 0 Å². The van der Waals surface area contributed by atoms with Gasteiger partial charge in [-0.05, 0) is 39.8 Å². The first-order valence-electron chi connectivity index (χ1n) is 6.99. The van der Waals surface area contributed by atoms with E-state index in [2.05, 4.69) is 35.6 Å². The van der Waals surface area contributed by atoms with Gasteiger partial charge in [-0.15, -0.1) is 0 Å². The number of aryl methyl sites for hydroxylation is 1. The summed E-state index contributed by atoms with van der Waals surface area (Å²) in [6.45, 7) is 12.2. The summed E-state index contributed by atoms with van der Waals surface area (Å²) in [5.74, 6) is -0.124. The Morgan fingerprint density at radius 2 is 1.80 bits per heavy atom. The Bertz CT molecular complexity index is 500. The van der Waals surface area contributed by atoms with E-state index >= 15 is 0 Å². The fourth-order valence-electron chi connectivity index (χ4n) is 2.54. The number of carboxylic acid groups (broad SMARTS) is 1. The zero-order chi connectivity index (χ0) is 14.9. The van der Waals surface area contributed by atoms with Crippen LogP contribution in [0, 0.1) is 6.92 Å². The standard InChI is InChI=1S/C15H23N3O2/c1-11-9-12(14(19)20)10-13(16-11)17-5-7-18(8-6-17)15(2,3)4/h9-10H,5-8H2,1-4H3,(H,19,20). The summed E-state index contributed by atoms with van der Waals surface area (Å²) in [5.41, 5.74) is 1.24. The second kappa shape index (κ2) is 5.40. The largest absolute Gasteiger partial charge is 0.478 e. The number of nitrogens with zero attached hydrogens (tertiary/aromatic N) is 3. The quantitative estimate of drug-likeness (QED) is 0.896. The van der Waals surface area contributed by atoms with Crippen LogP contribution in [0.5, 0.6) is 0 Å². The van der Waals surface area contributed by atoms with Crippen molar-refractivity contribution < 1.29 is 9.90 Å². The molecule has 2 rings (SSSR count). The lowest BCUT2D eigenvalue weighted by Crippen LogP contribution is -2.53. The molecule has 0 aliphatic carbocycles. The van der Waals surface area contributed by atoms with E-state index in [4.69, 9.17) is 5.11 Å². The molecule has 1 aromatic rings. The van der Waals surface area contributed by atoms with Crippen LogP contribution in [-0.4, -0.2) is 52.7 Å². The van der Waals surface area contributed by atoms with E-state index < -0.39 is 5.97 Å². The molecule has 0 spiro atoms. The predicted molar refractivity (Wildman–Crippen MR) is 79.5 cm³/mol. The van der Waals surface area contributed by atoms with E-state index in [0.717, 1.165) is 37.7 Å². The number of piperazine rings is 1. The molecular formula is C15H23N3O2. The summed E-state index contributed by atoms with van der Waals surface area (Å²) < 4.78 is 0. The van der Waals surface area contributed by atoms with Crippen molar-refractivity contribution in [1.82, 2.24) is 9.88 Å². The first kappa shape index (κ1) is 14.8. The number of rotatable bonds is 2. The highest BCUT2D eigenvalue weighted by Crippen LogP contribution is 2.20. The molecule has 5 nitrogen and oxygen atoms in total. The van der Waals surface area contributed by atoms with Gasteiger partial charge in [0, 0.05) is 37.4 Å². The Kier molecular flexibility index (Phi) is 3.99. The SMILES string of the molecule is Cc1cc(C(=O)O)cc(N2CCN(C(C)(C)C)CC2)n1. The predicted octanol–water partition coefficient (Wildman–Crippen LogP) is 2.01. The Labute approximate surface area is 120 Å². The van der Waals surface area contributed by atoms with Crippen LogP contribution in [0.2, 0.25) is 0 Å². The van der Waals surface area contributed by atoms with Gasteiger partial charge in [0.05, 0.1) is 5.56 Å². The van der Waals surface area contributed by atoms with Gasteiger partial charge >= 0.3 is 5.97 Å². The molecule has 2 heterocycles. The number of hydrogen-bond acceptors (Lipinski definition) is 4. The van der Waals surface area contributed by atoms with Crippen LogP contribution in [0.15, 0.2) is 12.1 Å². The molecule has 0 aromatic carbocycles. The van der Waals surface area contributed by atoms with Crippen LogP contribution >= 0.6 is 0 Å². The fourth-order valence-corrected chi connectivity index (χ4v) is 2.54. The smallest absolute Gasteiger partial charge is 0.335 e. The monoisotopic (exact) mass is 277 g/mol. The second-order valence-electron chi connectivity index (χ2n) is 6.31. The van der Waals surface area contributed by atoms with Crippen molar-refractivity contribution in [2.24, 2.45) is 0 Å². The average molecular weight is 277 g/mol.